The number of nitrogens with one attached hydrogen (secondary N) is 2. The van der Waals surface area contributed by atoms with E-state index in [1.807, 2.05) is 12.1 Å². The molecule has 188 valence electrons. The standard InChI is InChI=1S/C24H26N6O5S/c31-22(35-28-36(33,34)21-5-2-1-3-6-21)11-14-25-23(32)19-7-9-20(10-8-19)29-15-17-30(18-16-29)24-26-12-4-13-27-24/h1-10,12-13,28H,11,14-18H2,(H,25,32). The molecule has 2 heterocycles. The van der Waals surface area contributed by atoms with Gasteiger partial charge in [-0.1, -0.05) is 18.2 Å². The van der Waals surface area contributed by atoms with E-state index in [-0.39, 0.29) is 23.8 Å². The lowest BCUT2D eigenvalue weighted by atomic mass is 10.1. The van der Waals surface area contributed by atoms with Crippen LogP contribution in [-0.2, 0) is 19.7 Å². The summed E-state index contributed by atoms with van der Waals surface area (Å²) < 4.78 is 24.1. The first-order valence-electron chi connectivity index (χ1n) is 11.3. The van der Waals surface area contributed by atoms with Crippen molar-refractivity contribution in [1.29, 1.82) is 0 Å². The van der Waals surface area contributed by atoms with E-state index in [0.717, 1.165) is 37.8 Å². The fourth-order valence-corrected chi connectivity index (χ4v) is 4.44. The predicted octanol–water partition coefficient (Wildman–Crippen LogP) is 1.36. The highest BCUT2D eigenvalue weighted by molar-refractivity contribution is 7.89. The van der Waals surface area contributed by atoms with Crippen molar-refractivity contribution in [2.24, 2.45) is 0 Å². The Morgan fingerprint density at radius 3 is 2.17 bits per heavy atom. The largest absolute Gasteiger partial charge is 0.368 e. The van der Waals surface area contributed by atoms with Crippen LogP contribution in [0.25, 0.3) is 0 Å². The zero-order chi connectivity index (χ0) is 25.4. The molecule has 1 saturated heterocycles. The molecule has 1 aliphatic rings. The van der Waals surface area contributed by atoms with Gasteiger partial charge in [-0.05, 0) is 47.3 Å². The molecule has 3 aromatic rings. The van der Waals surface area contributed by atoms with Crippen molar-refractivity contribution in [3.05, 3.63) is 78.6 Å². The smallest absolute Gasteiger partial charge is 0.327 e. The highest BCUT2D eigenvalue weighted by Crippen LogP contribution is 2.19. The number of hydrogen-bond acceptors (Lipinski definition) is 9. The molecule has 0 saturated carbocycles. The first kappa shape index (κ1) is 25.1. The molecule has 12 heteroatoms. The molecule has 2 aromatic carbocycles. The maximum absolute atomic E-state index is 12.4. The number of aromatic nitrogens is 2. The number of hydrogen-bond donors (Lipinski definition) is 2. The number of rotatable bonds is 9. The Labute approximate surface area is 209 Å². The van der Waals surface area contributed by atoms with Crippen LogP contribution >= 0.6 is 0 Å². The van der Waals surface area contributed by atoms with Crippen molar-refractivity contribution in [3.8, 4) is 0 Å². The first-order valence-corrected chi connectivity index (χ1v) is 12.8. The molecular formula is C24H26N6O5S. The molecule has 4 rings (SSSR count). The minimum absolute atomic E-state index is 0.00397. The van der Waals surface area contributed by atoms with Crippen LogP contribution in [0.5, 0.6) is 0 Å². The molecule has 2 N–H and O–H groups in total. The molecule has 1 aromatic heterocycles. The molecule has 0 bridgehead atoms. The fourth-order valence-electron chi connectivity index (χ4n) is 3.62. The van der Waals surface area contributed by atoms with E-state index in [0.29, 0.717) is 5.56 Å². The monoisotopic (exact) mass is 510 g/mol. The summed E-state index contributed by atoms with van der Waals surface area (Å²) >= 11 is 0. The van der Waals surface area contributed by atoms with Gasteiger partial charge in [0.25, 0.3) is 15.9 Å². The normalized spacial score (nSPS) is 13.8. The van der Waals surface area contributed by atoms with Crippen molar-refractivity contribution in [2.45, 2.75) is 11.3 Å². The molecule has 0 radical (unpaired) electrons. The number of carbonyl (C=O) groups is 2. The van der Waals surface area contributed by atoms with Gasteiger partial charge in [-0.15, -0.1) is 0 Å². The van der Waals surface area contributed by atoms with E-state index in [2.05, 4.69) is 29.9 Å². The summed E-state index contributed by atoms with van der Waals surface area (Å²) in [5.41, 5.74) is 1.46. The average molecular weight is 511 g/mol. The lowest BCUT2D eigenvalue weighted by Crippen LogP contribution is -2.47. The highest BCUT2D eigenvalue weighted by Gasteiger charge is 2.20. The molecule has 0 spiro atoms. The van der Waals surface area contributed by atoms with Gasteiger partial charge >= 0.3 is 5.97 Å². The topological polar surface area (TPSA) is 134 Å². The summed E-state index contributed by atoms with van der Waals surface area (Å²) in [6, 6.07) is 16.5. The molecule has 36 heavy (non-hydrogen) atoms. The predicted molar refractivity (Wildman–Crippen MR) is 133 cm³/mol. The first-order chi connectivity index (χ1) is 17.4. The molecule has 0 aliphatic carbocycles. The van der Waals surface area contributed by atoms with Crippen LogP contribution in [0.3, 0.4) is 0 Å². The Morgan fingerprint density at radius 1 is 0.861 bits per heavy atom. The molecular weight excluding hydrogens is 484 g/mol. The molecule has 1 amide bonds. The summed E-state index contributed by atoms with van der Waals surface area (Å²) in [6.07, 6.45) is 3.26. The SMILES string of the molecule is O=C(CCNC(=O)c1ccc(N2CCN(c3ncccn3)CC2)cc1)ONS(=O)(=O)c1ccccc1. The van der Waals surface area contributed by atoms with Crippen LogP contribution in [0.4, 0.5) is 11.6 Å². The molecule has 1 aliphatic heterocycles. The van der Waals surface area contributed by atoms with E-state index < -0.39 is 16.0 Å². The number of sulfonamides is 1. The number of carbonyl (C=O) groups excluding carboxylic acids is 2. The number of piperazine rings is 1. The van der Waals surface area contributed by atoms with Gasteiger partial charge in [0, 0.05) is 56.4 Å². The average Bonchev–Trinajstić information content (AvgIpc) is 2.93. The van der Waals surface area contributed by atoms with Crippen LogP contribution in [0, 0.1) is 0 Å². The van der Waals surface area contributed by atoms with Crippen LogP contribution in [-0.4, -0.2) is 63.0 Å². The van der Waals surface area contributed by atoms with E-state index in [1.54, 1.807) is 53.7 Å². The second kappa shape index (κ2) is 11.6. The van der Waals surface area contributed by atoms with Gasteiger partial charge < -0.3 is 20.0 Å². The maximum atomic E-state index is 12.4. The van der Waals surface area contributed by atoms with Gasteiger partial charge in [0.1, 0.15) is 0 Å². The number of anilines is 2. The van der Waals surface area contributed by atoms with Gasteiger partial charge in [-0.25, -0.2) is 18.4 Å². The quantitative estimate of drug-likeness (QED) is 0.409. The van der Waals surface area contributed by atoms with Crippen molar-refractivity contribution in [3.63, 3.8) is 0 Å². The third kappa shape index (κ3) is 6.55. The number of amides is 1. The van der Waals surface area contributed by atoms with Crippen molar-refractivity contribution >= 4 is 33.5 Å². The van der Waals surface area contributed by atoms with E-state index in [9.17, 15) is 18.0 Å². The van der Waals surface area contributed by atoms with Gasteiger partial charge in [0.15, 0.2) is 0 Å². The van der Waals surface area contributed by atoms with Crippen LogP contribution < -0.4 is 20.0 Å². The lowest BCUT2D eigenvalue weighted by molar-refractivity contribution is -0.146. The van der Waals surface area contributed by atoms with Gasteiger partial charge in [-0.2, -0.15) is 0 Å². The summed E-state index contributed by atoms with van der Waals surface area (Å²) in [5.74, 6) is -0.433. The summed E-state index contributed by atoms with van der Waals surface area (Å²) in [4.78, 5) is 43.6. The number of benzene rings is 2. The summed E-state index contributed by atoms with van der Waals surface area (Å²) in [5, 5.41) is 2.63. The Balaban J connectivity index is 1.19. The van der Waals surface area contributed by atoms with Crippen LogP contribution in [0.1, 0.15) is 16.8 Å². The fraction of sp³-hybridized carbons (Fsp3) is 0.250. The Hall–Kier alpha value is -4.03. The second-order valence-corrected chi connectivity index (χ2v) is 9.59. The van der Waals surface area contributed by atoms with Crippen molar-refractivity contribution in [1.82, 2.24) is 20.2 Å². The van der Waals surface area contributed by atoms with E-state index in [1.165, 1.54) is 12.1 Å². The van der Waals surface area contributed by atoms with Crippen LogP contribution in [0.2, 0.25) is 0 Å². The Morgan fingerprint density at radius 2 is 1.50 bits per heavy atom. The van der Waals surface area contributed by atoms with Gasteiger partial charge in [0.05, 0.1) is 11.3 Å². The Bertz CT molecular complexity index is 1270. The zero-order valence-electron chi connectivity index (χ0n) is 19.4. The van der Waals surface area contributed by atoms with E-state index >= 15 is 0 Å². The van der Waals surface area contributed by atoms with Crippen molar-refractivity contribution in [2.75, 3.05) is 42.5 Å². The second-order valence-electron chi connectivity index (χ2n) is 7.95. The summed E-state index contributed by atoms with van der Waals surface area (Å²) in [6.45, 7) is 3.20. The minimum atomic E-state index is -3.96. The molecule has 11 nitrogen and oxygen atoms in total. The highest BCUT2D eigenvalue weighted by atomic mass is 32.2. The molecule has 1 fully saturated rings. The maximum Gasteiger partial charge on any atom is 0.327 e. The number of nitrogens with zero attached hydrogens (tertiary/aromatic N) is 4. The molecule has 0 unspecified atom stereocenters. The third-order valence-electron chi connectivity index (χ3n) is 5.54. The van der Waals surface area contributed by atoms with Crippen LogP contribution in [0.15, 0.2) is 78.0 Å². The summed E-state index contributed by atoms with van der Waals surface area (Å²) in [7, 11) is -3.96. The lowest BCUT2D eigenvalue weighted by Gasteiger charge is -2.36. The zero-order valence-corrected chi connectivity index (χ0v) is 20.2. The Kier molecular flexibility index (Phi) is 8.08. The minimum Gasteiger partial charge on any atom is -0.368 e. The third-order valence-corrected chi connectivity index (χ3v) is 6.74. The van der Waals surface area contributed by atoms with Gasteiger partial charge in [0.2, 0.25) is 5.95 Å². The van der Waals surface area contributed by atoms with Gasteiger partial charge in [-0.3, -0.25) is 9.59 Å². The molecule has 0 atom stereocenters. The van der Waals surface area contributed by atoms with Crippen molar-refractivity contribution < 1.29 is 22.8 Å². The van der Waals surface area contributed by atoms with E-state index in [4.69, 9.17) is 0 Å².